The number of aryl methyl sites for hydroxylation is 1. The van der Waals surface area contributed by atoms with E-state index in [1.165, 1.54) is 18.9 Å². The van der Waals surface area contributed by atoms with Gasteiger partial charge in [-0.3, -0.25) is 9.59 Å². The van der Waals surface area contributed by atoms with E-state index in [0.29, 0.717) is 27.2 Å². The zero-order valence-electron chi connectivity index (χ0n) is 14.8. The third-order valence-corrected chi connectivity index (χ3v) is 4.31. The molecular formula is C19H20Cl2N2O3. The number of carbonyl (C=O) groups is 2. The molecule has 0 saturated heterocycles. The van der Waals surface area contributed by atoms with Crippen molar-refractivity contribution in [1.29, 1.82) is 0 Å². The molecule has 2 amide bonds. The van der Waals surface area contributed by atoms with Gasteiger partial charge in [-0.2, -0.15) is 0 Å². The smallest absolute Gasteiger partial charge is 0.226 e. The Morgan fingerprint density at radius 2 is 1.77 bits per heavy atom. The Balaban J connectivity index is 2.10. The van der Waals surface area contributed by atoms with Gasteiger partial charge < -0.3 is 15.0 Å². The van der Waals surface area contributed by atoms with Crippen LogP contribution in [0.2, 0.25) is 10.0 Å². The van der Waals surface area contributed by atoms with E-state index in [4.69, 9.17) is 27.9 Å². The average Bonchev–Trinajstić information content (AvgIpc) is 2.58. The van der Waals surface area contributed by atoms with Crippen molar-refractivity contribution in [2.45, 2.75) is 20.3 Å². The molecule has 0 spiro atoms. The van der Waals surface area contributed by atoms with E-state index < -0.39 is 0 Å². The van der Waals surface area contributed by atoms with Crippen molar-refractivity contribution >= 4 is 46.4 Å². The summed E-state index contributed by atoms with van der Waals surface area (Å²) < 4.78 is 5.21. The van der Waals surface area contributed by atoms with Gasteiger partial charge in [0.05, 0.1) is 12.8 Å². The van der Waals surface area contributed by atoms with Gasteiger partial charge in [0.1, 0.15) is 5.75 Å². The number of anilines is 2. The first-order valence-electron chi connectivity index (χ1n) is 7.99. The molecule has 2 rings (SSSR count). The van der Waals surface area contributed by atoms with Gasteiger partial charge in [-0.25, -0.2) is 0 Å². The third-order valence-electron chi connectivity index (χ3n) is 3.84. The highest BCUT2D eigenvalue weighted by atomic mass is 35.5. The van der Waals surface area contributed by atoms with Crippen LogP contribution in [-0.4, -0.2) is 25.5 Å². The highest BCUT2D eigenvalue weighted by molar-refractivity contribution is 6.31. The van der Waals surface area contributed by atoms with E-state index in [1.807, 2.05) is 13.0 Å². The molecular weight excluding hydrogens is 375 g/mol. The summed E-state index contributed by atoms with van der Waals surface area (Å²) in [6, 6.07) is 10.3. The molecule has 1 N–H and O–H groups in total. The topological polar surface area (TPSA) is 58.6 Å². The number of nitrogens with one attached hydrogen (secondary N) is 1. The summed E-state index contributed by atoms with van der Waals surface area (Å²) in [5, 5.41) is 3.78. The van der Waals surface area contributed by atoms with Crippen LogP contribution in [-0.2, 0) is 9.59 Å². The molecule has 0 aliphatic rings. The van der Waals surface area contributed by atoms with Gasteiger partial charge >= 0.3 is 0 Å². The average molecular weight is 395 g/mol. The molecule has 5 nitrogen and oxygen atoms in total. The van der Waals surface area contributed by atoms with Crippen molar-refractivity contribution < 1.29 is 14.3 Å². The van der Waals surface area contributed by atoms with Crippen molar-refractivity contribution in [3.63, 3.8) is 0 Å². The van der Waals surface area contributed by atoms with Gasteiger partial charge in [-0.05, 0) is 42.8 Å². The number of nitrogens with zero attached hydrogens (tertiary/aromatic N) is 1. The van der Waals surface area contributed by atoms with Gasteiger partial charge in [0.2, 0.25) is 11.8 Å². The predicted molar refractivity (Wildman–Crippen MR) is 105 cm³/mol. The van der Waals surface area contributed by atoms with E-state index in [2.05, 4.69) is 5.32 Å². The molecule has 0 heterocycles. The molecule has 26 heavy (non-hydrogen) atoms. The molecule has 0 saturated carbocycles. The first-order valence-corrected chi connectivity index (χ1v) is 8.75. The number of ether oxygens (including phenoxy) is 1. The Morgan fingerprint density at radius 3 is 2.42 bits per heavy atom. The lowest BCUT2D eigenvalue weighted by atomic mass is 10.1. The molecule has 0 atom stereocenters. The van der Waals surface area contributed by atoms with E-state index >= 15 is 0 Å². The standard InChI is InChI=1S/C19H20Cl2N2O3/c1-12-4-5-15(21)11-17(12)23(13(2)24)9-8-19(25)22-16-10-14(20)6-7-18(16)26-3/h4-7,10-11H,8-9H2,1-3H3,(H,22,25). The molecule has 0 radical (unpaired) electrons. The maximum Gasteiger partial charge on any atom is 0.226 e. The highest BCUT2D eigenvalue weighted by Crippen LogP contribution is 2.28. The van der Waals surface area contributed by atoms with Crippen molar-refractivity contribution in [3.8, 4) is 5.75 Å². The Kier molecular flexibility index (Phi) is 6.89. The maximum absolute atomic E-state index is 12.3. The lowest BCUT2D eigenvalue weighted by Crippen LogP contribution is -2.32. The van der Waals surface area contributed by atoms with Gasteiger partial charge in [-0.15, -0.1) is 0 Å². The first-order chi connectivity index (χ1) is 12.3. The number of benzene rings is 2. The van der Waals surface area contributed by atoms with Crippen LogP contribution in [0.5, 0.6) is 5.75 Å². The number of hydrogen-bond donors (Lipinski definition) is 1. The monoisotopic (exact) mass is 394 g/mol. The van der Waals surface area contributed by atoms with Crippen LogP contribution in [0.15, 0.2) is 36.4 Å². The molecule has 138 valence electrons. The fourth-order valence-electron chi connectivity index (χ4n) is 2.52. The van der Waals surface area contributed by atoms with Gasteiger partial charge in [-0.1, -0.05) is 29.3 Å². The molecule has 0 aromatic heterocycles. The Hall–Kier alpha value is -2.24. The summed E-state index contributed by atoms with van der Waals surface area (Å²) in [6.45, 7) is 3.57. The largest absolute Gasteiger partial charge is 0.495 e. The number of halogens is 2. The van der Waals surface area contributed by atoms with Crippen LogP contribution < -0.4 is 15.0 Å². The van der Waals surface area contributed by atoms with E-state index in [9.17, 15) is 9.59 Å². The molecule has 7 heteroatoms. The molecule has 2 aromatic carbocycles. The molecule has 0 aliphatic carbocycles. The minimum Gasteiger partial charge on any atom is -0.495 e. The number of amides is 2. The Morgan fingerprint density at radius 1 is 1.12 bits per heavy atom. The summed E-state index contributed by atoms with van der Waals surface area (Å²) >= 11 is 12.0. The third kappa shape index (κ3) is 5.13. The van der Waals surface area contributed by atoms with Crippen LogP contribution in [0.4, 0.5) is 11.4 Å². The van der Waals surface area contributed by atoms with E-state index in [-0.39, 0.29) is 24.8 Å². The summed E-state index contributed by atoms with van der Waals surface area (Å²) in [5.74, 6) is 0.0943. The second-order valence-electron chi connectivity index (χ2n) is 5.74. The highest BCUT2D eigenvalue weighted by Gasteiger charge is 2.16. The van der Waals surface area contributed by atoms with Crippen LogP contribution in [0, 0.1) is 6.92 Å². The zero-order valence-corrected chi connectivity index (χ0v) is 16.3. The normalized spacial score (nSPS) is 10.3. The quantitative estimate of drug-likeness (QED) is 0.772. The van der Waals surface area contributed by atoms with Gasteiger partial charge in [0.25, 0.3) is 0 Å². The fourth-order valence-corrected chi connectivity index (χ4v) is 2.86. The predicted octanol–water partition coefficient (Wildman–Crippen LogP) is 4.69. The number of hydrogen-bond acceptors (Lipinski definition) is 3. The number of carbonyl (C=O) groups excluding carboxylic acids is 2. The second-order valence-corrected chi connectivity index (χ2v) is 6.62. The lowest BCUT2D eigenvalue weighted by molar-refractivity contribution is -0.117. The number of rotatable bonds is 6. The Bertz CT molecular complexity index is 824. The first kappa shape index (κ1) is 20.1. The second kappa shape index (κ2) is 8.92. The van der Waals surface area contributed by atoms with Gasteiger partial charge in [0, 0.05) is 35.6 Å². The van der Waals surface area contributed by atoms with Crippen molar-refractivity contribution in [1.82, 2.24) is 0 Å². The van der Waals surface area contributed by atoms with Crippen molar-refractivity contribution in [2.24, 2.45) is 0 Å². The van der Waals surface area contributed by atoms with Crippen LogP contribution in [0.1, 0.15) is 18.9 Å². The summed E-state index contributed by atoms with van der Waals surface area (Å²) in [7, 11) is 1.51. The summed E-state index contributed by atoms with van der Waals surface area (Å²) in [6.07, 6.45) is 0.112. The summed E-state index contributed by atoms with van der Waals surface area (Å²) in [4.78, 5) is 25.9. The zero-order chi connectivity index (χ0) is 19.3. The summed E-state index contributed by atoms with van der Waals surface area (Å²) in [5.41, 5.74) is 2.08. The number of methoxy groups -OCH3 is 1. The Labute approximate surface area is 162 Å². The minimum absolute atomic E-state index is 0.112. The maximum atomic E-state index is 12.3. The van der Waals surface area contributed by atoms with Crippen molar-refractivity contribution in [2.75, 3.05) is 23.9 Å². The van der Waals surface area contributed by atoms with Crippen LogP contribution in [0.25, 0.3) is 0 Å². The van der Waals surface area contributed by atoms with Crippen LogP contribution >= 0.6 is 23.2 Å². The molecule has 0 aliphatic heterocycles. The van der Waals surface area contributed by atoms with Crippen molar-refractivity contribution in [3.05, 3.63) is 52.0 Å². The lowest BCUT2D eigenvalue weighted by Gasteiger charge is -2.23. The van der Waals surface area contributed by atoms with E-state index in [1.54, 1.807) is 30.3 Å². The molecule has 0 bridgehead atoms. The van der Waals surface area contributed by atoms with E-state index in [0.717, 1.165) is 5.56 Å². The molecule has 2 aromatic rings. The molecule has 0 unspecified atom stereocenters. The van der Waals surface area contributed by atoms with Crippen LogP contribution in [0.3, 0.4) is 0 Å². The fraction of sp³-hybridized carbons (Fsp3) is 0.263. The SMILES string of the molecule is COc1ccc(Cl)cc1NC(=O)CCN(C(C)=O)c1cc(Cl)ccc1C. The van der Waals surface area contributed by atoms with Gasteiger partial charge in [0.15, 0.2) is 0 Å². The minimum atomic E-state index is -0.253. The molecule has 0 fully saturated rings.